The Kier molecular flexibility index (Phi) is 2.05. The predicted octanol–water partition coefficient (Wildman–Crippen LogP) is 0.281. The second-order valence-corrected chi connectivity index (χ2v) is 2.53. The van der Waals surface area contributed by atoms with Crippen molar-refractivity contribution in [2.45, 2.75) is 24.9 Å². The van der Waals surface area contributed by atoms with Gasteiger partial charge in [0.2, 0.25) is 0 Å². The van der Waals surface area contributed by atoms with Crippen LogP contribution >= 0.6 is 11.6 Å². The maximum Gasteiger partial charge on any atom is 0.109 e. The fraction of sp³-hybridized carbons (Fsp3) is 1.00. The minimum atomic E-state index is -0.957. The van der Waals surface area contributed by atoms with Crippen LogP contribution in [-0.4, -0.2) is 16.2 Å². The van der Waals surface area contributed by atoms with E-state index in [4.69, 9.17) is 22.4 Å². The maximum absolute atomic E-state index is 8.84. The molecule has 0 spiro atoms. The first-order valence-corrected chi connectivity index (χ1v) is 2.50. The molecule has 0 aromatic heterocycles. The Labute approximate surface area is 48.3 Å². The second-order valence-electron chi connectivity index (χ2n) is 2.06. The number of aliphatic hydroxyl groups is 1. The second kappa shape index (κ2) is 1.99. The molecule has 0 amide bonds. The molecular weight excluding hydrogens is 114 g/mol. The molecule has 0 aliphatic heterocycles. The molecule has 0 heterocycles. The van der Waals surface area contributed by atoms with Crippen molar-refractivity contribution < 1.29 is 5.11 Å². The molecule has 44 valence electrons. The number of halogens is 1. The Hall–Kier alpha value is 0.210. The van der Waals surface area contributed by atoms with E-state index in [0.29, 0.717) is 0 Å². The van der Waals surface area contributed by atoms with Crippen LogP contribution in [-0.2, 0) is 0 Å². The van der Waals surface area contributed by atoms with Crippen LogP contribution in [0.1, 0.15) is 13.8 Å². The fourth-order valence-electron chi connectivity index (χ4n) is 0. The van der Waals surface area contributed by atoms with Crippen LogP contribution < -0.4 is 5.73 Å². The third-order valence-electron chi connectivity index (χ3n) is 0.675. The van der Waals surface area contributed by atoms with Gasteiger partial charge in [0.25, 0.3) is 0 Å². The van der Waals surface area contributed by atoms with E-state index in [1.54, 1.807) is 13.8 Å². The van der Waals surface area contributed by atoms with Gasteiger partial charge in [-0.1, -0.05) is 0 Å². The largest absolute Gasteiger partial charge is 0.388 e. The molecule has 3 N–H and O–H groups in total. The lowest BCUT2D eigenvalue weighted by atomic mass is 10.1. The molecule has 0 fully saturated rings. The number of nitrogens with two attached hydrogens (primary N) is 1. The molecule has 0 bridgehead atoms. The van der Waals surface area contributed by atoms with E-state index in [1.165, 1.54) is 0 Å². The molecule has 0 aliphatic rings. The zero-order chi connectivity index (χ0) is 6.08. The third kappa shape index (κ3) is 2.85. The Morgan fingerprint density at radius 3 is 1.86 bits per heavy atom. The van der Waals surface area contributed by atoms with Gasteiger partial charge in [0.15, 0.2) is 0 Å². The summed E-state index contributed by atoms with van der Waals surface area (Å²) in [5.41, 5.74) is 3.45. The van der Waals surface area contributed by atoms with E-state index in [-0.39, 0.29) is 0 Å². The first-order valence-electron chi connectivity index (χ1n) is 2.06. The van der Waals surface area contributed by atoms with E-state index in [1.807, 2.05) is 0 Å². The SMILES string of the molecule is CC(C)(O)C(N)Cl. The molecule has 2 nitrogen and oxygen atoms in total. The van der Waals surface area contributed by atoms with Gasteiger partial charge in [-0.2, -0.15) is 0 Å². The molecule has 0 radical (unpaired) electrons. The van der Waals surface area contributed by atoms with Gasteiger partial charge in [-0.3, -0.25) is 0 Å². The summed E-state index contributed by atoms with van der Waals surface area (Å²) in [6.45, 7) is 3.12. The lowest BCUT2D eigenvalue weighted by molar-refractivity contribution is 0.0771. The average molecular weight is 124 g/mol. The van der Waals surface area contributed by atoms with E-state index in [2.05, 4.69) is 0 Å². The van der Waals surface area contributed by atoms with Gasteiger partial charge < -0.3 is 10.8 Å². The van der Waals surface area contributed by atoms with Crippen molar-refractivity contribution >= 4 is 11.6 Å². The van der Waals surface area contributed by atoms with Crippen LogP contribution in [0.3, 0.4) is 0 Å². The van der Waals surface area contributed by atoms with Crippen molar-refractivity contribution in [1.29, 1.82) is 0 Å². The molecular formula is C4H10ClNO. The molecule has 3 heteroatoms. The van der Waals surface area contributed by atoms with Crippen molar-refractivity contribution in [3.63, 3.8) is 0 Å². The monoisotopic (exact) mass is 123 g/mol. The average Bonchev–Trinajstić information content (AvgIpc) is 1.31. The molecule has 0 aliphatic carbocycles. The molecule has 1 unspecified atom stereocenters. The molecule has 0 saturated carbocycles. The predicted molar refractivity (Wildman–Crippen MR) is 30.1 cm³/mol. The van der Waals surface area contributed by atoms with Gasteiger partial charge in [-0.05, 0) is 13.8 Å². The number of rotatable bonds is 1. The van der Waals surface area contributed by atoms with E-state index in [0.717, 1.165) is 0 Å². The zero-order valence-electron chi connectivity index (χ0n) is 4.48. The van der Waals surface area contributed by atoms with Crippen LogP contribution in [0.25, 0.3) is 0 Å². The van der Waals surface area contributed by atoms with Gasteiger partial charge in [-0.15, -0.1) is 11.6 Å². The van der Waals surface area contributed by atoms with Crippen LogP contribution in [0.2, 0.25) is 0 Å². The maximum atomic E-state index is 8.84. The number of alkyl halides is 1. The molecule has 0 aromatic carbocycles. The first-order chi connectivity index (χ1) is 2.94. The van der Waals surface area contributed by atoms with Crippen molar-refractivity contribution in [3.05, 3.63) is 0 Å². The van der Waals surface area contributed by atoms with Gasteiger partial charge in [0, 0.05) is 0 Å². The summed E-state index contributed by atoms with van der Waals surface area (Å²) in [6.07, 6.45) is 0. The summed E-state index contributed by atoms with van der Waals surface area (Å²) in [6, 6.07) is 0. The third-order valence-corrected chi connectivity index (χ3v) is 1.21. The van der Waals surface area contributed by atoms with Crippen molar-refractivity contribution in [2.24, 2.45) is 5.73 Å². The summed E-state index contributed by atoms with van der Waals surface area (Å²) >= 11 is 5.28. The molecule has 0 saturated heterocycles. The summed E-state index contributed by atoms with van der Waals surface area (Å²) in [5.74, 6) is 0. The number of hydrogen-bond donors (Lipinski definition) is 2. The lowest BCUT2D eigenvalue weighted by Crippen LogP contribution is -2.38. The van der Waals surface area contributed by atoms with Crippen LogP contribution in [0, 0.1) is 0 Å². The molecule has 7 heavy (non-hydrogen) atoms. The zero-order valence-corrected chi connectivity index (χ0v) is 5.24. The van der Waals surface area contributed by atoms with Gasteiger partial charge in [0.1, 0.15) is 5.50 Å². The smallest absolute Gasteiger partial charge is 0.109 e. The van der Waals surface area contributed by atoms with E-state index >= 15 is 0 Å². The summed E-state index contributed by atoms with van der Waals surface area (Å²) < 4.78 is 0. The van der Waals surface area contributed by atoms with Crippen LogP contribution in [0.15, 0.2) is 0 Å². The molecule has 0 rings (SSSR count). The lowest BCUT2D eigenvalue weighted by Gasteiger charge is -2.18. The van der Waals surface area contributed by atoms with Crippen molar-refractivity contribution in [2.75, 3.05) is 0 Å². The summed E-state index contributed by atoms with van der Waals surface area (Å²) in [4.78, 5) is 0. The van der Waals surface area contributed by atoms with Crippen LogP contribution in [0.4, 0.5) is 0 Å². The number of hydrogen-bond acceptors (Lipinski definition) is 2. The van der Waals surface area contributed by atoms with Gasteiger partial charge in [0.05, 0.1) is 5.60 Å². The molecule has 1 atom stereocenters. The first kappa shape index (κ1) is 7.21. The van der Waals surface area contributed by atoms with Gasteiger partial charge >= 0.3 is 0 Å². The highest BCUT2D eigenvalue weighted by Crippen LogP contribution is 2.07. The quantitative estimate of drug-likeness (QED) is 0.389. The van der Waals surface area contributed by atoms with Gasteiger partial charge in [-0.25, -0.2) is 0 Å². The highest BCUT2D eigenvalue weighted by molar-refractivity contribution is 6.20. The fourth-order valence-corrected chi connectivity index (χ4v) is 0. The normalized spacial score (nSPS) is 16.7. The Morgan fingerprint density at radius 2 is 1.86 bits per heavy atom. The Morgan fingerprint density at radius 1 is 1.71 bits per heavy atom. The van der Waals surface area contributed by atoms with Crippen molar-refractivity contribution in [1.82, 2.24) is 0 Å². The minimum Gasteiger partial charge on any atom is -0.388 e. The summed E-state index contributed by atoms with van der Waals surface area (Å²) in [5, 5.41) is 8.84. The van der Waals surface area contributed by atoms with E-state index in [9.17, 15) is 0 Å². The van der Waals surface area contributed by atoms with Crippen molar-refractivity contribution in [3.8, 4) is 0 Å². The Balaban J connectivity index is 3.54. The molecule has 0 aromatic rings. The topological polar surface area (TPSA) is 46.2 Å². The standard InChI is InChI=1S/C4H10ClNO/c1-4(2,7)3(5)6/h3,7H,6H2,1-2H3. The highest BCUT2D eigenvalue weighted by Gasteiger charge is 2.19. The summed E-state index contributed by atoms with van der Waals surface area (Å²) in [7, 11) is 0. The van der Waals surface area contributed by atoms with E-state index < -0.39 is 11.1 Å². The highest BCUT2D eigenvalue weighted by atomic mass is 35.5. The Bertz CT molecular complexity index is 57.2. The van der Waals surface area contributed by atoms with Crippen LogP contribution in [0.5, 0.6) is 0 Å². The minimum absolute atomic E-state index is 0.674.